The van der Waals surface area contributed by atoms with E-state index in [1.807, 2.05) is 127 Å². The van der Waals surface area contributed by atoms with Crippen LogP contribution in [-0.2, 0) is 14.3 Å². The lowest BCUT2D eigenvalue weighted by molar-refractivity contribution is -0.143. The van der Waals surface area contributed by atoms with Crippen LogP contribution < -0.4 is 11.1 Å². The van der Waals surface area contributed by atoms with Crippen LogP contribution in [0, 0.1) is 0 Å². The molecule has 0 aromatic heterocycles. The van der Waals surface area contributed by atoms with Crippen LogP contribution in [0.5, 0.6) is 0 Å². The molecule has 0 saturated carbocycles. The average molecular weight is 601 g/mol. The summed E-state index contributed by atoms with van der Waals surface area (Å²) in [5.41, 5.74) is 11.6. The summed E-state index contributed by atoms with van der Waals surface area (Å²) in [7, 11) is 0. The first kappa shape index (κ1) is 29.2. The largest absolute Gasteiger partial charge is 0.478 e. The Morgan fingerprint density at radius 1 is 0.682 bits per heavy atom. The van der Waals surface area contributed by atoms with Crippen LogP contribution in [0.25, 0.3) is 11.1 Å². The molecule has 7 heteroatoms. The van der Waals surface area contributed by atoms with E-state index in [2.05, 4.69) is 17.4 Å². The number of ether oxygens (including phenoxy) is 1. The van der Waals surface area contributed by atoms with Crippen LogP contribution in [0.4, 0.5) is 4.79 Å². The summed E-state index contributed by atoms with van der Waals surface area (Å²) < 4.78 is 4.86. The van der Waals surface area contributed by atoms with Crippen LogP contribution in [0.3, 0.4) is 0 Å². The van der Waals surface area contributed by atoms with Crippen molar-refractivity contribution >= 4 is 23.8 Å². The van der Waals surface area contributed by atoms with Crippen molar-refractivity contribution in [3.8, 4) is 11.1 Å². The molecule has 4 N–H and O–H groups in total. The van der Waals surface area contributed by atoms with E-state index in [1.54, 1.807) is 0 Å². The lowest BCUT2D eigenvalue weighted by atomic mass is 9.84. The van der Waals surface area contributed by atoms with Gasteiger partial charge in [0.15, 0.2) is 5.66 Å². The van der Waals surface area contributed by atoms with Gasteiger partial charge in [-0.1, -0.05) is 140 Å². The van der Waals surface area contributed by atoms with Crippen LogP contribution in [-0.4, -0.2) is 35.2 Å². The van der Waals surface area contributed by atoms with Crippen molar-refractivity contribution in [1.29, 1.82) is 0 Å². The van der Waals surface area contributed by atoms with E-state index in [1.165, 1.54) is 11.8 Å². The minimum atomic E-state index is -2.11. The molecule has 6 nitrogen and oxygen atoms in total. The summed E-state index contributed by atoms with van der Waals surface area (Å²) in [6.07, 6.45) is -0.887. The molecule has 5 aromatic rings. The van der Waals surface area contributed by atoms with E-state index < -0.39 is 22.5 Å². The first-order chi connectivity index (χ1) is 21.4. The van der Waals surface area contributed by atoms with Crippen LogP contribution in [0.2, 0.25) is 0 Å². The number of alkyl carbamates (subject to hydrolysis) is 1. The maximum atomic E-state index is 13.2. The Bertz CT molecular complexity index is 1620. The number of carbonyl (C=O) groups is 2. The van der Waals surface area contributed by atoms with Gasteiger partial charge in [-0.05, 0) is 38.9 Å². The lowest BCUT2D eigenvalue weighted by Gasteiger charge is -2.38. The number of hydrogen-bond acceptors (Lipinski definition) is 5. The van der Waals surface area contributed by atoms with Crippen molar-refractivity contribution in [3.05, 3.63) is 167 Å². The molecule has 1 atom stereocenters. The zero-order valence-electron chi connectivity index (χ0n) is 23.9. The Morgan fingerprint density at radius 3 is 1.52 bits per heavy atom. The Morgan fingerprint density at radius 2 is 1.09 bits per heavy atom. The number of aliphatic carboxylic acids is 1. The number of carbonyl (C=O) groups excluding carboxylic acids is 1. The van der Waals surface area contributed by atoms with E-state index >= 15 is 0 Å². The van der Waals surface area contributed by atoms with Crippen LogP contribution in [0.1, 0.15) is 33.7 Å². The van der Waals surface area contributed by atoms with Gasteiger partial charge in [-0.3, -0.25) is 11.1 Å². The van der Waals surface area contributed by atoms with Gasteiger partial charge in [0, 0.05) is 11.7 Å². The predicted molar refractivity (Wildman–Crippen MR) is 174 cm³/mol. The van der Waals surface area contributed by atoms with E-state index in [0.29, 0.717) is 0 Å². The third-order valence-electron chi connectivity index (χ3n) is 8.11. The summed E-state index contributed by atoms with van der Waals surface area (Å²) in [5, 5.41) is 12.8. The molecule has 0 saturated heterocycles. The maximum absolute atomic E-state index is 13.2. The number of carboxylic acids is 1. The van der Waals surface area contributed by atoms with E-state index in [4.69, 9.17) is 10.5 Å². The second kappa shape index (κ2) is 12.4. The number of nitrogens with one attached hydrogen (secondary N) is 1. The second-order valence-electron chi connectivity index (χ2n) is 10.8. The van der Waals surface area contributed by atoms with Gasteiger partial charge >= 0.3 is 12.1 Å². The molecule has 0 bridgehead atoms. The number of amides is 1. The molecular formula is C37H32N2O4S. The summed E-state index contributed by atoms with van der Waals surface area (Å²) in [6.45, 7) is 0.0463. The Hall–Kier alpha value is -4.85. The highest BCUT2D eigenvalue weighted by atomic mass is 32.2. The van der Waals surface area contributed by atoms with E-state index in [0.717, 1.165) is 38.9 Å². The van der Waals surface area contributed by atoms with Crippen molar-refractivity contribution in [3.63, 3.8) is 0 Å². The van der Waals surface area contributed by atoms with Gasteiger partial charge in [-0.2, -0.15) is 0 Å². The Labute approximate surface area is 260 Å². The van der Waals surface area contributed by atoms with E-state index in [9.17, 15) is 14.7 Å². The standard InChI is InChI=1S/C37H32N2O4S/c38-36(34(40)41,39-35(42)43-24-33-31-22-12-10-20-29(31)30-21-11-13-23-32(30)33)25-44-37(26-14-4-1-5-15-26,27-16-6-2-7-17-27)28-18-8-3-9-19-28/h1-23,33H,24-25,38H2,(H,39,42)(H,40,41)/t36-/m1/s1. The monoisotopic (exact) mass is 600 g/mol. The Kier molecular flexibility index (Phi) is 8.24. The topological polar surface area (TPSA) is 102 Å². The Balaban J connectivity index is 1.26. The van der Waals surface area contributed by atoms with Crippen molar-refractivity contribution in [2.75, 3.05) is 12.4 Å². The minimum Gasteiger partial charge on any atom is -0.478 e. The van der Waals surface area contributed by atoms with Crippen molar-refractivity contribution in [2.45, 2.75) is 16.3 Å². The molecule has 6 rings (SSSR count). The predicted octanol–water partition coefficient (Wildman–Crippen LogP) is 6.99. The molecule has 1 amide bonds. The first-order valence-electron chi connectivity index (χ1n) is 14.4. The van der Waals surface area contributed by atoms with Gasteiger partial charge in [-0.25, -0.2) is 9.59 Å². The minimum absolute atomic E-state index is 0.0463. The van der Waals surface area contributed by atoms with E-state index in [-0.39, 0.29) is 18.3 Å². The first-order valence-corrected chi connectivity index (χ1v) is 15.4. The fourth-order valence-corrected chi connectivity index (χ4v) is 7.51. The number of fused-ring (bicyclic) bond motifs is 3. The molecule has 0 unspecified atom stereocenters. The maximum Gasteiger partial charge on any atom is 0.409 e. The van der Waals surface area contributed by atoms with Gasteiger partial charge in [0.1, 0.15) is 6.61 Å². The zero-order valence-corrected chi connectivity index (χ0v) is 24.7. The van der Waals surface area contributed by atoms with Gasteiger partial charge in [0.2, 0.25) is 0 Å². The van der Waals surface area contributed by atoms with Gasteiger partial charge in [0.05, 0.1) is 4.75 Å². The lowest BCUT2D eigenvalue weighted by Crippen LogP contribution is -2.64. The van der Waals surface area contributed by atoms with Gasteiger partial charge < -0.3 is 9.84 Å². The summed E-state index contributed by atoms with van der Waals surface area (Å²) in [4.78, 5) is 25.9. The molecule has 1 aliphatic rings. The van der Waals surface area contributed by atoms with Gasteiger partial charge in [-0.15, -0.1) is 11.8 Å². The molecule has 0 aliphatic heterocycles. The quantitative estimate of drug-likeness (QED) is 0.118. The number of thioether (sulfide) groups is 1. The fourth-order valence-electron chi connectivity index (χ4n) is 5.96. The molecule has 220 valence electrons. The van der Waals surface area contributed by atoms with Crippen LogP contribution in [0.15, 0.2) is 140 Å². The number of benzene rings is 5. The highest BCUT2D eigenvalue weighted by molar-refractivity contribution is 8.00. The number of carboxylic acid groups (broad SMARTS) is 1. The highest BCUT2D eigenvalue weighted by Crippen LogP contribution is 2.49. The van der Waals surface area contributed by atoms with Crippen molar-refractivity contribution < 1.29 is 19.4 Å². The highest BCUT2D eigenvalue weighted by Gasteiger charge is 2.44. The third-order valence-corrected chi connectivity index (χ3v) is 9.85. The normalized spacial score (nSPS) is 13.8. The SMILES string of the molecule is N[C@](CSC(c1ccccc1)(c1ccccc1)c1ccccc1)(NC(=O)OCC1c2ccccc2-c2ccccc21)C(=O)O. The summed E-state index contributed by atoms with van der Waals surface area (Å²) in [5.74, 6) is -1.67. The van der Waals surface area contributed by atoms with Gasteiger partial charge in [0.25, 0.3) is 0 Å². The average Bonchev–Trinajstić information content (AvgIpc) is 3.39. The molecule has 0 radical (unpaired) electrons. The zero-order chi connectivity index (χ0) is 30.6. The van der Waals surface area contributed by atoms with Crippen molar-refractivity contribution in [1.82, 2.24) is 5.32 Å². The molecular weight excluding hydrogens is 568 g/mol. The molecule has 0 fully saturated rings. The molecule has 5 aromatic carbocycles. The second-order valence-corrected chi connectivity index (χ2v) is 12.0. The number of hydrogen-bond donors (Lipinski definition) is 3. The molecule has 1 aliphatic carbocycles. The smallest absolute Gasteiger partial charge is 0.409 e. The summed E-state index contributed by atoms with van der Waals surface area (Å²) >= 11 is 1.35. The molecule has 0 spiro atoms. The summed E-state index contributed by atoms with van der Waals surface area (Å²) in [6, 6.07) is 45.7. The van der Waals surface area contributed by atoms with Crippen LogP contribution >= 0.6 is 11.8 Å². The van der Waals surface area contributed by atoms with Crippen molar-refractivity contribution in [2.24, 2.45) is 5.73 Å². The number of rotatable bonds is 10. The molecule has 44 heavy (non-hydrogen) atoms. The molecule has 0 heterocycles. The third kappa shape index (κ3) is 5.48. The number of nitrogens with two attached hydrogens (primary N) is 1. The fraction of sp³-hybridized carbons (Fsp3) is 0.135.